The van der Waals surface area contributed by atoms with Crippen LogP contribution in [0, 0.1) is 10.1 Å². The summed E-state index contributed by atoms with van der Waals surface area (Å²) < 4.78 is 32.6. The Kier molecular flexibility index (Phi) is 6.97. The number of hydrogen-bond donors (Lipinski definition) is 0. The highest BCUT2D eigenvalue weighted by atomic mass is 35.5. The maximum Gasteiger partial charge on any atom is 0.289 e. The Hall–Kier alpha value is -1.91. The van der Waals surface area contributed by atoms with E-state index in [1.165, 1.54) is 28.6 Å². The van der Waals surface area contributed by atoms with Gasteiger partial charge in [-0.05, 0) is 24.3 Å². The summed E-state index contributed by atoms with van der Waals surface area (Å²) in [6.45, 7) is 2.47. The van der Waals surface area contributed by atoms with E-state index in [9.17, 15) is 18.5 Å². The van der Waals surface area contributed by atoms with Gasteiger partial charge in [-0.2, -0.15) is 4.31 Å². The Morgan fingerprint density at radius 3 is 2.41 bits per heavy atom. The summed E-state index contributed by atoms with van der Waals surface area (Å²) in [5.41, 5.74) is -0.414. The van der Waals surface area contributed by atoms with Crippen LogP contribution in [0.3, 0.4) is 0 Å². The third-order valence-corrected chi connectivity index (χ3v) is 7.05. The van der Waals surface area contributed by atoms with Crippen molar-refractivity contribution >= 4 is 38.9 Å². The van der Waals surface area contributed by atoms with E-state index >= 15 is 0 Å². The van der Waals surface area contributed by atoms with Gasteiger partial charge in [-0.3, -0.25) is 15.0 Å². The number of ether oxygens (including phenoxy) is 1. The number of benzene rings is 2. The van der Waals surface area contributed by atoms with E-state index < -0.39 is 20.6 Å². The average Bonchev–Trinajstić information content (AvgIpc) is 2.70. The largest absolute Gasteiger partial charge is 0.491 e. The maximum atomic E-state index is 12.8. The Bertz CT molecular complexity index is 995. The Morgan fingerprint density at radius 2 is 1.76 bits per heavy atom. The maximum absolute atomic E-state index is 12.8. The van der Waals surface area contributed by atoms with Crippen molar-refractivity contribution in [3.8, 4) is 5.75 Å². The van der Waals surface area contributed by atoms with Crippen LogP contribution in [-0.2, 0) is 10.0 Å². The average molecular weight is 460 g/mol. The number of piperazine rings is 1. The van der Waals surface area contributed by atoms with Crippen LogP contribution in [0.1, 0.15) is 0 Å². The van der Waals surface area contributed by atoms with Crippen molar-refractivity contribution in [2.24, 2.45) is 0 Å². The highest BCUT2D eigenvalue weighted by molar-refractivity contribution is 7.89. The molecule has 1 fully saturated rings. The van der Waals surface area contributed by atoms with E-state index in [-0.39, 0.29) is 18.0 Å². The summed E-state index contributed by atoms with van der Waals surface area (Å²) >= 11 is 11.9. The highest BCUT2D eigenvalue weighted by Gasteiger charge is 2.33. The standard InChI is InChI=1S/C18H19Cl2N3O5S/c19-14-5-6-17(15(20)13-14)28-12-11-21-7-9-22(10-8-21)29(26,27)18-4-2-1-3-16(18)23(24)25/h1-6,13H,7-12H2. The van der Waals surface area contributed by atoms with Crippen LogP contribution in [0.5, 0.6) is 5.75 Å². The molecular formula is C18H19Cl2N3O5S. The van der Waals surface area contributed by atoms with Gasteiger partial charge >= 0.3 is 0 Å². The minimum Gasteiger partial charge on any atom is -0.491 e. The summed E-state index contributed by atoms with van der Waals surface area (Å²) in [7, 11) is -3.93. The number of nitrogens with zero attached hydrogens (tertiary/aromatic N) is 3. The molecule has 2 aromatic rings. The van der Waals surface area contributed by atoms with Crippen LogP contribution in [0.15, 0.2) is 47.4 Å². The zero-order chi connectivity index (χ0) is 21.0. The summed E-state index contributed by atoms with van der Waals surface area (Å²) in [6, 6.07) is 10.4. The minimum atomic E-state index is -3.93. The zero-order valence-electron chi connectivity index (χ0n) is 15.3. The number of halogens is 2. The van der Waals surface area contributed by atoms with Crippen molar-refractivity contribution in [3.63, 3.8) is 0 Å². The number of para-hydroxylation sites is 1. The molecule has 0 amide bonds. The first kappa shape index (κ1) is 21.8. The molecule has 0 aromatic heterocycles. The zero-order valence-corrected chi connectivity index (χ0v) is 17.7. The third kappa shape index (κ3) is 5.18. The monoisotopic (exact) mass is 459 g/mol. The Balaban J connectivity index is 1.55. The molecule has 1 aliphatic heterocycles. The summed E-state index contributed by atoms with van der Waals surface area (Å²) in [5.74, 6) is 0.536. The van der Waals surface area contributed by atoms with Crippen LogP contribution < -0.4 is 4.74 Å². The van der Waals surface area contributed by atoms with Crippen molar-refractivity contribution in [1.82, 2.24) is 9.21 Å². The molecule has 0 bridgehead atoms. The first-order chi connectivity index (χ1) is 13.8. The number of nitro groups is 1. The third-order valence-electron chi connectivity index (χ3n) is 4.57. The lowest BCUT2D eigenvalue weighted by Gasteiger charge is -2.33. The second-order valence-corrected chi connectivity index (χ2v) is 9.14. The number of nitro benzene ring substituents is 1. The van der Waals surface area contributed by atoms with Gasteiger partial charge in [0.1, 0.15) is 12.4 Å². The minimum absolute atomic E-state index is 0.246. The molecule has 0 N–H and O–H groups in total. The van der Waals surface area contributed by atoms with E-state index in [1.54, 1.807) is 18.2 Å². The summed E-state index contributed by atoms with van der Waals surface area (Å²) in [6.07, 6.45) is 0. The lowest BCUT2D eigenvalue weighted by molar-refractivity contribution is -0.387. The van der Waals surface area contributed by atoms with Gasteiger partial charge in [0, 0.05) is 43.8 Å². The molecule has 0 radical (unpaired) electrons. The van der Waals surface area contributed by atoms with Crippen LogP contribution in [0.4, 0.5) is 5.69 Å². The van der Waals surface area contributed by atoms with Crippen molar-refractivity contribution in [2.75, 3.05) is 39.3 Å². The van der Waals surface area contributed by atoms with Crippen LogP contribution >= 0.6 is 23.2 Å². The molecule has 0 unspecified atom stereocenters. The van der Waals surface area contributed by atoms with E-state index in [2.05, 4.69) is 4.90 Å². The van der Waals surface area contributed by atoms with E-state index in [0.717, 1.165) is 0 Å². The lowest BCUT2D eigenvalue weighted by Crippen LogP contribution is -2.49. The topological polar surface area (TPSA) is 93.0 Å². The van der Waals surface area contributed by atoms with Gasteiger partial charge in [-0.25, -0.2) is 8.42 Å². The molecule has 0 aliphatic carbocycles. The molecule has 156 valence electrons. The van der Waals surface area contributed by atoms with Gasteiger partial charge < -0.3 is 4.74 Å². The normalized spacial score (nSPS) is 15.9. The molecule has 3 rings (SSSR count). The molecule has 11 heteroatoms. The van der Waals surface area contributed by atoms with E-state index in [0.29, 0.717) is 42.0 Å². The molecule has 29 heavy (non-hydrogen) atoms. The van der Waals surface area contributed by atoms with E-state index in [4.69, 9.17) is 27.9 Å². The molecule has 2 aromatic carbocycles. The fourth-order valence-corrected chi connectivity index (χ4v) is 5.08. The van der Waals surface area contributed by atoms with Gasteiger partial charge in [0.25, 0.3) is 5.69 Å². The molecule has 8 nitrogen and oxygen atoms in total. The van der Waals surface area contributed by atoms with Crippen LogP contribution in [0.2, 0.25) is 10.0 Å². The van der Waals surface area contributed by atoms with Crippen LogP contribution in [-0.4, -0.2) is 61.9 Å². The smallest absolute Gasteiger partial charge is 0.289 e. The summed E-state index contributed by atoms with van der Waals surface area (Å²) in [5, 5.41) is 12.1. The SMILES string of the molecule is O=[N+]([O-])c1ccccc1S(=O)(=O)N1CCN(CCOc2ccc(Cl)cc2Cl)CC1. The van der Waals surface area contributed by atoms with Crippen molar-refractivity contribution < 1.29 is 18.1 Å². The molecule has 0 atom stereocenters. The first-order valence-electron chi connectivity index (χ1n) is 8.83. The van der Waals surface area contributed by atoms with Gasteiger partial charge in [-0.15, -0.1) is 0 Å². The van der Waals surface area contributed by atoms with Crippen LogP contribution in [0.25, 0.3) is 0 Å². The van der Waals surface area contributed by atoms with Gasteiger partial charge in [0.05, 0.1) is 9.95 Å². The molecular weight excluding hydrogens is 441 g/mol. The van der Waals surface area contributed by atoms with Gasteiger partial charge in [0.2, 0.25) is 10.0 Å². The highest BCUT2D eigenvalue weighted by Crippen LogP contribution is 2.28. The second kappa shape index (κ2) is 9.27. The molecule has 0 saturated carbocycles. The van der Waals surface area contributed by atoms with Gasteiger partial charge in [0.15, 0.2) is 4.90 Å². The predicted molar refractivity (Wildman–Crippen MR) is 110 cm³/mol. The molecule has 1 aliphatic rings. The Morgan fingerprint density at radius 1 is 1.07 bits per heavy atom. The van der Waals surface area contributed by atoms with Gasteiger partial charge in [-0.1, -0.05) is 35.3 Å². The first-order valence-corrected chi connectivity index (χ1v) is 11.0. The summed E-state index contributed by atoms with van der Waals surface area (Å²) in [4.78, 5) is 12.3. The van der Waals surface area contributed by atoms with Crippen molar-refractivity contribution in [2.45, 2.75) is 4.90 Å². The Labute approximate surface area is 178 Å². The van der Waals surface area contributed by atoms with Crippen molar-refractivity contribution in [3.05, 3.63) is 62.6 Å². The molecule has 1 saturated heterocycles. The molecule has 0 spiro atoms. The fraction of sp³-hybridized carbons (Fsp3) is 0.333. The fourth-order valence-electron chi connectivity index (χ4n) is 3.04. The molecule has 1 heterocycles. The number of rotatable bonds is 7. The number of sulfonamides is 1. The number of hydrogen-bond acceptors (Lipinski definition) is 6. The lowest BCUT2D eigenvalue weighted by atomic mass is 10.3. The quantitative estimate of drug-likeness (QED) is 0.465. The van der Waals surface area contributed by atoms with Crippen molar-refractivity contribution in [1.29, 1.82) is 0 Å². The van der Waals surface area contributed by atoms with E-state index in [1.807, 2.05) is 0 Å². The predicted octanol–water partition coefficient (Wildman–Crippen LogP) is 3.29. The second-order valence-electron chi connectivity index (χ2n) is 6.39.